The maximum absolute atomic E-state index is 9.92. The summed E-state index contributed by atoms with van der Waals surface area (Å²) in [5.41, 5.74) is 0. The summed E-state index contributed by atoms with van der Waals surface area (Å²) in [6.07, 6.45) is -2.33. The topological polar surface area (TPSA) is 37.3 Å². The van der Waals surface area contributed by atoms with Crippen LogP contribution in [-0.4, -0.2) is 11.3 Å². The third-order valence-corrected chi connectivity index (χ3v) is 0. The van der Waals surface area contributed by atoms with Gasteiger partial charge in [-0.25, -0.2) is 4.79 Å². The van der Waals surface area contributed by atoms with Crippen molar-refractivity contribution in [2.24, 2.45) is 0 Å². The molecule has 0 aliphatic rings. The lowest BCUT2D eigenvalue weighted by atomic mass is 11.5. The van der Waals surface area contributed by atoms with Gasteiger partial charge in [-0.1, -0.05) is 0 Å². The van der Waals surface area contributed by atoms with E-state index in [1.165, 1.54) is 0 Å². The predicted octanol–water partition coefficient (Wildman–Crippen LogP) is 1.09. The lowest BCUT2D eigenvalue weighted by Crippen LogP contribution is -1.69. The smallest absolute Gasteiger partial charge is 0.456 e. The highest BCUT2D eigenvalue weighted by Gasteiger charge is 1.74. The van der Waals surface area contributed by atoms with E-state index in [4.69, 9.17) is 9.90 Å². The van der Waals surface area contributed by atoms with E-state index in [1.54, 1.807) is 0 Å². The van der Waals surface area contributed by atoms with Gasteiger partial charge in [0, 0.05) is 0 Å². The summed E-state index contributed by atoms with van der Waals surface area (Å²) in [6.45, 7) is 0. The number of hydrogen-bond donors (Lipinski definition) is 1. The largest absolute Gasteiger partial charge is 0.492 e. The van der Waals surface area contributed by atoms with Crippen molar-refractivity contribution in [1.82, 2.24) is 0 Å². The zero-order chi connectivity index (χ0) is 3.58. The van der Waals surface area contributed by atoms with Crippen LogP contribution in [0.15, 0.2) is 0 Å². The van der Waals surface area contributed by atoms with Crippen LogP contribution in [0, 0.1) is 0 Å². The van der Waals surface area contributed by atoms with Crippen LogP contribution in [0.3, 0.4) is 0 Å². The van der Waals surface area contributed by atoms with Crippen LogP contribution in [0.5, 0.6) is 0 Å². The Morgan fingerprint density at radius 1 is 1.29 bits per heavy atom. The Balaban J connectivity index is -0.0000000150. The van der Waals surface area contributed by atoms with Gasteiger partial charge in [-0.15, -0.1) is 4.39 Å². The van der Waals surface area contributed by atoms with Crippen LogP contribution < -0.4 is 0 Å². The summed E-state index contributed by atoms with van der Waals surface area (Å²) in [4.78, 5) is 8.33. The minimum Gasteiger partial charge on any atom is -0.456 e. The van der Waals surface area contributed by atoms with Crippen molar-refractivity contribution in [3.05, 3.63) is 0 Å². The molecule has 0 aromatic rings. The van der Waals surface area contributed by atoms with E-state index in [-0.39, 0.29) is 14.1 Å². The summed E-state index contributed by atoms with van der Waals surface area (Å²) >= 11 is 0. The molecule has 0 amide bonds. The van der Waals surface area contributed by atoms with Crippen molar-refractivity contribution in [3.8, 4) is 0 Å². The lowest BCUT2D eigenvalue weighted by Gasteiger charge is -1.53. The van der Waals surface area contributed by atoms with Crippen LogP contribution in [0.2, 0.25) is 0 Å². The fourth-order valence-corrected chi connectivity index (χ4v) is 0. The minimum absolute atomic E-state index is 0. The maximum atomic E-state index is 9.92. The average molecular weight is 124 g/mol. The molecule has 0 spiro atoms. The second kappa shape index (κ2) is 19.0. The molecule has 0 bridgehead atoms. The van der Waals surface area contributed by atoms with E-state index in [9.17, 15) is 4.39 Å². The highest BCUT2D eigenvalue weighted by molar-refractivity contribution is 5.54. The van der Waals surface area contributed by atoms with E-state index in [2.05, 4.69) is 0 Å². The molecule has 0 heterocycles. The van der Waals surface area contributed by atoms with E-state index >= 15 is 0 Å². The Bertz CT molecular complexity index is 32.7. The fourth-order valence-electron chi connectivity index (χ4n) is 0. The third-order valence-electron chi connectivity index (χ3n) is 0. The molecule has 0 aromatic carbocycles. The summed E-state index contributed by atoms with van der Waals surface area (Å²) in [5, 5.41) is 6.75. The second-order valence-corrected chi connectivity index (χ2v) is 0.253. The third kappa shape index (κ3) is 80.5. The van der Waals surface area contributed by atoms with Gasteiger partial charge in [0.2, 0.25) is 0 Å². The van der Waals surface area contributed by atoms with Gasteiger partial charge in [0.1, 0.15) is 0 Å². The molecule has 0 rings (SSSR count). The Morgan fingerprint density at radius 3 is 1.29 bits per heavy atom. The predicted molar refractivity (Wildman–Crippen MR) is 16.6 cm³/mol. The van der Waals surface area contributed by atoms with Crippen molar-refractivity contribution in [2.75, 3.05) is 0 Å². The molecule has 6 heteroatoms. The Hall–Kier alpha value is -0.810. The number of carboxylic acid groups (broad SMARTS) is 1. The maximum Gasteiger partial charge on any atom is 0.492 e. The molecule has 0 saturated carbocycles. The molecule has 0 aromatic heterocycles. The zero-order valence-electron chi connectivity index (χ0n) is 2.96. The van der Waals surface area contributed by atoms with Gasteiger partial charge in [0.25, 0.3) is 0 Å². The molecular formula is CH4F4O2. The molecule has 0 fully saturated rings. The zero-order valence-corrected chi connectivity index (χ0v) is 2.96. The molecular weight excluding hydrogens is 120 g/mol. The molecule has 0 aliphatic heterocycles. The van der Waals surface area contributed by atoms with E-state index in [1.807, 2.05) is 0 Å². The Morgan fingerprint density at radius 2 is 1.29 bits per heavy atom. The van der Waals surface area contributed by atoms with Crippen LogP contribution in [0.1, 0.15) is 0 Å². The fraction of sp³-hybridized carbons (Fsp3) is 0. The highest BCUT2D eigenvalue weighted by Crippen LogP contribution is 1.58. The van der Waals surface area contributed by atoms with Crippen LogP contribution >= 0.6 is 0 Å². The van der Waals surface area contributed by atoms with E-state index in [0.717, 1.165) is 0 Å². The molecule has 7 heavy (non-hydrogen) atoms. The Kier molecular flexibility index (Phi) is 94.4. The molecule has 0 atom stereocenters. The van der Waals surface area contributed by atoms with Crippen molar-refractivity contribution < 1.29 is 28.4 Å². The van der Waals surface area contributed by atoms with Crippen molar-refractivity contribution in [2.45, 2.75) is 0 Å². The van der Waals surface area contributed by atoms with Gasteiger partial charge in [0.05, 0.1) is 0 Å². The second-order valence-electron chi connectivity index (χ2n) is 0.253. The molecule has 0 radical (unpaired) electrons. The first kappa shape index (κ1) is 34.8. The summed E-state index contributed by atoms with van der Waals surface area (Å²) in [5.74, 6) is 0. The molecule has 0 aliphatic carbocycles. The summed E-state index contributed by atoms with van der Waals surface area (Å²) in [6, 6.07) is 0. The molecule has 0 unspecified atom stereocenters. The first-order valence-corrected chi connectivity index (χ1v) is 0.617. The highest BCUT2D eigenvalue weighted by atomic mass is 19.1. The normalized spacial score (nSPS) is 3.57. The van der Waals surface area contributed by atoms with Crippen molar-refractivity contribution >= 4 is 6.22 Å². The van der Waals surface area contributed by atoms with Crippen LogP contribution in [0.4, 0.5) is 23.3 Å². The lowest BCUT2D eigenvalue weighted by molar-refractivity contribution is 0.169. The van der Waals surface area contributed by atoms with Crippen molar-refractivity contribution in [3.63, 3.8) is 0 Å². The van der Waals surface area contributed by atoms with Crippen LogP contribution in [0.25, 0.3) is 0 Å². The van der Waals surface area contributed by atoms with Crippen molar-refractivity contribution in [1.29, 1.82) is 0 Å². The number of hydrogen-bond acceptors (Lipinski definition) is 1. The molecule has 0 saturated heterocycles. The van der Waals surface area contributed by atoms with Gasteiger partial charge < -0.3 is 5.11 Å². The summed E-state index contributed by atoms with van der Waals surface area (Å²) < 4.78 is 9.92. The van der Waals surface area contributed by atoms with Gasteiger partial charge in [-0.3, -0.25) is 14.1 Å². The van der Waals surface area contributed by atoms with Gasteiger partial charge in [-0.05, 0) is 0 Å². The van der Waals surface area contributed by atoms with E-state index < -0.39 is 6.22 Å². The first-order chi connectivity index (χ1) is 1.73. The standard InChI is InChI=1S/CHFO2.3FH/c2-1(3)4;;;/h(H,3,4);3*1H. The Labute approximate surface area is 36.0 Å². The average Bonchev–Trinajstić information content (AvgIpc) is 0.811. The quantitative estimate of drug-likeness (QED) is 0.387. The van der Waals surface area contributed by atoms with Gasteiger partial charge >= 0.3 is 6.22 Å². The monoisotopic (exact) mass is 124 g/mol. The number of halogens is 4. The van der Waals surface area contributed by atoms with E-state index in [0.29, 0.717) is 0 Å². The summed E-state index contributed by atoms with van der Waals surface area (Å²) in [7, 11) is 0. The first-order valence-electron chi connectivity index (χ1n) is 0.617. The number of rotatable bonds is 0. The molecule has 2 nitrogen and oxygen atoms in total. The SMILES string of the molecule is F.F.F.O=C(O)F. The number of carbonyl (C=O) groups is 1. The van der Waals surface area contributed by atoms with Gasteiger partial charge in [0.15, 0.2) is 0 Å². The van der Waals surface area contributed by atoms with Crippen LogP contribution in [-0.2, 0) is 0 Å². The molecule has 1 N–H and O–H groups in total. The molecule has 48 valence electrons. The minimum atomic E-state index is -2.33. The van der Waals surface area contributed by atoms with Gasteiger partial charge in [-0.2, -0.15) is 0 Å².